The molecule has 2 N–H and O–H groups in total. The highest BCUT2D eigenvalue weighted by Gasteiger charge is 2.29. The summed E-state index contributed by atoms with van der Waals surface area (Å²) >= 11 is 0. The van der Waals surface area contributed by atoms with Crippen LogP contribution in [0.5, 0.6) is 0 Å². The molecule has 0 heterocycles. The molecule has 2 fully saturated rings. The van der Waals surface area contributed by atoms with Crippen molar-refractivity contribution in [2.75, 3.05) is 5.75 Å². The second-order valence-electron chi connectivity index (χ2n) is 6.29. The number of hydrogen-bond donors (Lipinski definition) is 2. The molecule has 116 valence electrons. The number of hydrogen-bond acceptors (Lipinski definition) is 3. The zero-order valence-electron chi connectivity index (χ0n) is 11.9. The van der Waals surface area contributed by atoms with Gasteiger partial charge in [0.05, 0.1) is 11.7 Å². The van der Waals surface area contributed by atoms with Crippen molar-refractivity contribution >= 4 is 16.0 Å². The van der Waals surface area contributed by atoms with Crippen LogP contribution >= 0.6 is 0 Å². The number of carboxylic acid groups (broad SMARTS) is 1. The molecule has 0 aromatic heterocycles. The molecule has 0 saturated heterocycles. The van der Waals surface area contributed by atoms with Crippen LogP contribution in [-0.4, -0.2) is 31.3 Å². The van der Waals surface area contributed by atoms with Crippen molar-refractivity contribution in [1.82, 2.24) is 4.72 Å². The van der Waals surface area contributed by atoms with E-state index in [-0.39, 0.29) is 17.7 Å². The number of carboxylic acids is 1. The maximum absolute atomic E-state index is 12.2. The number of aliphatic carboxylic acids is 1. The fourth-order valence-electron chi connectivity index (χ4n) is 3.42. The third kappa shape index (κ3) is 4.74. The van der Waals surface area contributed by atoms with Crippen LogP contribution in [0.4, 0.5) is 0 Å². The molecule has 0 aliphatic heterocycles. The van der Waals surface area contributed by atoms with E-state index in [2.05, 4.69) is 4.72 Å². The lowest BCUT2D eigenvalue weighted by Gasteiger charge is -2.28. The van der Waals surface area contributed by atoms with Crippen LogP contribution in [0.25, 0.3) is 0 Å². The van der Waals surface area contributed by atoms with Gasteiger partial charge in [-0.25, -0.2) is 13.1 Å². The predicted molar refractivity (Wildman–Crippen MR) is 76.9 cm³/mol. The summed E-state index contributed by atoms with van der Waals surface area (Å²) in [6, 6.07) is -0.0702. The van der Waals surface area contributed by atoms with Gasteiger partial charge in [-0.3, -0.25) is 4.79 Å². The average molecular weight is 303 g/mol. The van der Waals surface area contributed by atoms with Crippen LogP contribution in [0.15, 0.2) is 0 Å². The summed E-state index contributed by atoms with van der Waals surface area (Å²) in [5.74, 6) is -0.509. The van der Waals surface area contributed by atoms with Crippen molar-refractivity contribution in [3.63, 3.8) is 0 Å². The Balaban J connectivity index is 1.78. The lowest BCUT2D eigenvalue weighted by Crippen LogP contribution is -2.41. The van der Waals surface area contributed by atoms with Gasteiger partial charge in [-0.1, -0.05) is 19.3 Å². The summed E-state index contributed by atoms with van der Waals surface area (Å²) in [6.07, 6.45) is 7.98. The van der Waals surface area contributed by atoms with Crippen molar-refractivity contribution in [3.05, 3.63) is 0 Å². The first kappa shape index (κ1) is 15.8. The summed E-state index contributed by atoms with van der Waals surface area (Å²) in [5.41, 5.74) is 0. The number of nitrogens with one attached hydrogen (secondary N) is 1. The SMILES string of the molecule is O=C(O)C1CCC(NS(=O)(=O)CC2CCCCC2)CC1. The van der Waals surface area contributed by atoms with E-state index in [1.54, 1.807) is 0 Å². The molecule has 0 aromatic rings. The van der Waals surface area contributed by atoms with Gasteiger partial charge in [0.25, 0.3) is 0 Å². The maximum atomic E-state index is 12.2. The second kappa shape index (κ2) is 6.89. The molecular formula is C14H25NO4S. The lowest BCUT2D eigenvalue weighted by atomic mass is 9.87. The molecule has 0 spiro atoms. The lowest BCUT2D eigenvalue weighted by molar-refractivity contribution is -0.142. The topological polar surface area (TPSA) is 83.5 Å². The average Bonchev–Trinajstić information content (AvgIpc) is 2.39. The second-order valence-corrected chi connectivity index (χ2v) is 8.09. The third-order valence-corrected chi connectivity index (χ3v) is 6.21. The highest BCUT2D eigenvalue weighted by Crippen LogP contribution is 2.27. The Kier molecular flexibility index (Phi) is 5.43. The number of carbonyl (C=O) groups is 1. The highest BCUT2D eigenvalue weighted by atomic mass is 32.2. The molecular weight excluding hydrogens is 278 g/mol. The Morgan fingerprint density at radius 3 is 2.15 bits per heavy atom. The van der Waals surface area contributed by atoms with Gasteiger partial charge in [0.2, 0.25) is 10.0 Å². The van der Waals surface area contributed by atoms with Crippen molar-refractivity contribution in [3.8, 4) is 0 Å². The quantitative estimate of drug-likeness (QED) is 0.815. The van der Waals surface area contributed by atoms with E-state index in [1.165, 1.54) is 6.42 Å². The first-order valence-electron chi connectivity index (χ1n) is 7.69. The van der Waals surface area contributed by atoms with Gasteiger partial charge >= 0.3 is 5.97 Å². The summed E-state index contributed by atoms with van der Waals surface area (Å²) < 4.78 is 27.1. The zero-order valence-corrected chi connectivity index (χ0v) is 12.7. The minimum atomic E-state index is -3.22. The summed E-state index contributed by atoms with van der Waals surface area (Å²) in [4.78, 5) is 10.9. The van der Waals surface area contributed by atoms with E-state index < -0.39 is 16.0 Å². The molecule has 2 rings (SSSR count). The molecule has 0 atom stereocenters. The first-order chi connectivity index (χ1) is 9.46. The van der Waals surface area contributed by atoms with E-state index >= 15 is 0 Å². The fourth-order valence-corrected chi connectivity index (χ4v) is 5.22. The predicted octanol–water partition coefficient (Wildman–Crippen LogP) is 2.13. The highest BCUT2D eigenvalue weighted by molar-refractivity contribution is 7.89. The Hall–Kier alpha value is -0.620. The van der Waals surface area contributed by atoms with Gasteiger partial charge in [-0.05, 0) is 44.4 Å². The summed E-state index contributed by atoms with van der Waals surface area (Å²) in [5, 5.41) is 8.93. The summed E-state index contributed by atoms with van der Waals surface area (Å²) in [7, 11) is -3.22. The number of rotatable bonds is 5. The zero-order chi connectivity index (χ0) is 14.6. The van der Waals surface area contributed by atoms with Crippen LogP contribution < -0.4 is 4.72 Å². The van der Waals surface area contributed by atoms with Gasteiger partial charge in [-0.2, -0.15) is 0 Å². The van der Waals surface area contributed by atoms with E-state index in [0.29, 0.717) is 31.6 Å². The molecule has 5 nitrogen and oxygen atoms in total. The first-order valence-corrected chi connectivity index (χ1v) is 9.34. The van der Waals surface area contributed by atoms with Crippen LogP contribution in [0.3, 0.4) is 0 Å². The number of sulfonamides is 1. The van der Waals surface area contributed by atoms with Gasteiger partial charge in [0, 0.05) is 6.04 Å². The van der Waals surface area contributed by atoms with Gasteiger partial charge < -0.3 is 5.11 Å². The molecule has 2 saturated carbocycles. The molecule has 0 bridgehead atoms. The smallest absolute Gasteiger partial charge is 0.306 e. The Morgan fingerprint density at radius 2 is 1.60 bits per heavy atom. The van der Waals surface area contributed by atoms with Crippen LogP contribution in [0.1, 0.15) is 57.8 Å². The third-order valence-electron chi connectivity index (χ3n) is 4.60. The molecule has 2 aliphatic carbocycles. The summed E-state index contributed by atoms with van der Waals surface area (Å²) in [6.45, 7) is 0. The Labute approximate surface area is 121 Å². The van der Waals surface area contributed by atoms with Crippen molar-refractivity contribution < 1.29 is 18.3 Å². The Bertz CT molecular complexity index is 420. The van der Waals surface area contributed by atoms with Gasteiger partial charge in [-0.15, -0.1) is 0 Å². The normalized spacial score (nSPS) is 29.2. The monoisotopic (exact) mass is 303 g/mol. The van der Waals surface area contributed by atoms with Crippen molar-refractivity contribution in [2.45, 2.75) is 63.8 Å². The van der Waals surface area contributed by atoms with Crippen LogP contribution in [0.2, 0.25) is 0 Å². The maximum Gasteiger partial charge on any atom is 0.306 e. The van der Waals surface area contributed by atoms with E-state index in [0.717, 1.165) is 25.7 Å². The van der Waals surface area contributed by atoms with Crippen LogP contribution in [0, 0.1) is 11.8 Å². The fraction of sp³-hybridized carbons (Fsp3) is 0.929. The largest absolute Gasteiger partial charge is 0.481 e. The van der Waals surface area contributed by atoms with Crippen LogP contribution in [-0.2, 0) is 14.8 Å². The van der Waals surface area contributed by atoms with E-state index in [1.807, 2.05) is 0 Å². The molecule has 0 aromatic carbocycles. The van der Waals surface area contributed by atoms with Gasteiger partial charge in [0.1, 0.15) is 0 Å². The Morgan fingerprint density at radius 1 is 1.00 bits per heavy atom. The minimum Gasteiger partial charge on any atom is -0.481 e. The minimum absolute atomic E-state index is 0.0702. The molecule has 0 radical (unpaired) electrons. The molecule has 6 heteroatoms. The van der Waals surface area contributed by atoms with Crippen molar-refractivity contribution in [2.24, 2.45) is 11.8 Å². The van der Waals surface area contributed by atoms with Crippen molar-refractivity contribution in [1.29, 1.82) is 0 Å². The standard InChI is InChI=1S/C14H25NO4S/c16-14(17)12-6-8-13(9-7-12)15-20(18,19)10-11-4-2-1-3-5-11/h11-13,15H,1-10H2,(H,16,17). The van der Waals surface area contributed by atoms with E-state index in [4.69, 9.17) is 5.11 Å². The molecule has 0 amide bonds. The van der Waals surface area contributed by atoms with E-state index in [9.17, 15) is 13.2 Å². The molecule has 2 aliphatic rings. The molecule has 20 heavy (non-hydrogen) atoms. The van der Waals surface area contributed by atoms with Gasteiger partial charge in [0.15, 0.2) is 0 Å². The molecule has 0 unspecified atom stereocenters.